The van der Waals surface area contributed by atoms with Crippen molar-refractivity contribution < 1.29 is 13.2 Å². The van der Waals surface area contributed by atoms with Crippen molar-refractivity contribution in [3.63, 3.8) is 0 Å². The van der Waals surface area contributed by atoms with Crippen molar-refractivity contribution in [3.05, 3.63) is 28.7 Å². The third-order valence-corrected chi connectivity index (χ3v) is 6.48. The maximum absolute atomic E-state index is 12.6. The van der Waals surface area contributed by atoms with E-state index in [4.69, 9.17) is 0 Å². The van der Waals surface area contributed by atoms with Crippen LogP contribution in [0.25, 0.3) is 0 Å². The molecule has 1 aromatic carbocycles. The fourth-order valence-corrected chi connectivity index (χ4v) is 4.08. The zero-order chi connectivity index (χ0) is 16.3. The van der Waals surface area contributed by atoms with Crippen molar-refractivity contribution in [2.75, 3.05) is 26.2 Å². The number of hydrogen-bond donors (Lipinski definition) is 0. The number of carbonyl (C=O) groups excluding carboxylic acids is 1. The molecule has 1 amide bonds. The predicted molar refractivity (Wildman–Crippen MR) is 88.9 cm³/mol. The van der Waals surface area contributed by atoms with Gasteiger partial charge in [0.15, 0.2) is 0 Å². The first-order chi connectivity index (χ1) is 10.4. The maximum Gasteiger partial charge on any atom is 0.243 e. The highest BCUT2D eigenvalue weighted by Crippen LogP contribution is 2.20. The van der Waals surface area contributed by atoms with Gasteiger partial charge in [-0.2, -0.15) is 4.31 Å². The summed E-state index contributed by atoms with van der Waals surface area (Å²) in [5.41, 5.74) is 0. The molecule has 0 N–H and O–H groups in total. The number of rotatable bonds is 4. The zero-order valence-corrected chi connectivity index (χ0v) is 15.2. The molecule has 0 bridgehead atoms. The predicted octanol–water partition coefficient (Wildman–Crippen LogP) is 2.33. The van der Waals surface area contributed by atoms with Crippen LogP contribution in [0.4, 0.5) is 0 Å². The van der Waals surface area contributed by atoms with Crippen LogP contribution < -0.4 is 0 Å². The summed E-state index contributed by atoms with van der Waals surface area (Å²) in [6, 6.07) is 6.62. The monoisotopic (exact) mass is 388 g/mol. The van der Waals surface area contributed by atoms with Gasteiger partial charge < -0.3 is 4.90 Å². The van der Waals surface area contributed by atoms with Gasteiger partial charge in [-0.1, -0.05) is 29.8 Å². The van der Waals surface area contributed by atoms with E-state index < -0.39 is 10.0 Å². The normalized spacial score (nSPS) is 18.2. The van der Waals surface area contributed by atoms with Gasteiger partial charge in [0, 0.05) is 36.6 Å². The van der Waals surface area contributed by atoms with Crippen molar-refractivity contribution in [2.45, 2.75) is 25.2 Å². The molecule has 1 aliphatic heterocycles. The smallest absolute Gasteiger partial charge is 0.243 e. The topological polar surface area (TPSA) is 57.7 Å². The Balaban J connectivity index is 2.05. The summed E-state index contributed by atoms with van der Waals surface area (Å²) in [5, 5.41) is 0. The molecule has 0 aliphatic carbocycles. The molecule has 1 saturated heterocycles. The fourth-order valence-electron chi connectivity index (χ4n) is 2.39. The largest absolute Gasteiger partial charge is 0.340 e. The summed E-state index contributed by atoms with van der Waals surface area (Å²) < 4.78 is 27.4. The Morgan fingerprint density at radius 3 is 2.23 bits per heavy atom. The lowest BCUT2D eigenvalue weighted by molar-refractivity contribution is -0.136. The molecule has 1 fully saturated rings. The van der Waals surface area contributed by atoms with Gasteiger partial charge in [0.05, 0.1) is 4.90 Å². The lowest BCUT2D eigenvalue weighted by Gasteiger charge is -2.35. The van der Waals surface area contributed by atoms with Crippen molar-refractivity contribution in [1.82, 2.24) is 9.21 Å². The minimum atomic E-state index is -3.48. The molecule has 5 nitrogen and oxygen atoms in total. The molecule has 1 atom stereocenters. The second kappa shape index (κ2) is 7.10. The standard InChI is InChI=1S/C15H21BrN2O3S/c1-3-12(2)15(19)17-8-10-18(11-9-17)22(20,21)14-6-4-13(16)5-7-14/h4-7,12H,3,8-11H2,1-2H3. The van der Waals surface area contributed by atoms with Crippen LogP contribution in [-0.2, 0) is 14.8 Å². The lowest BCUT2D eigenvalue weighted by atomic mass is 10.1. The Morgan fingerprint density at radius 1 is 1.18 bits per heavy atom. The van der Waals surface area contributed by atoms with Gasteiger partial charge in [-0.25, -0.2) is 8.42 Å². The Bertz CT molecular complexity index is 623. The van der Waals surface area contributed by atoms with Crippen LogP contribution in [0.2, 0.25) is 0 Å². The Labute approximate surface area is 140 Å². The zero-order valence-electron chi connectivity index (χ0n) is 12.8. The van der Waals surface area contributed by atoms with Crippen LogP contribution in [0.1, 0.15) is 20.3 Å². The third-order valence-electron chi connectivity index (χ3n) is 4.04. The third kappa shape index (κ3) is 3.70. The molecule has 1 heterocycles. The summed E-state index contributed by atoms with van der Waals surface area (Å²) >= 11 is 3.30. The second-order valence-corrected chi connectivity index (χ2v) is 8.35. The van der Waals surface area contributed by atoms with Crippen LogP contribution in [-0.4, -0.2) is 49.7 Å². The van der Waals surface area contributed by atoms with E-state index in [0.717, 1.165) is 10.9 Å². The van der Waals surface area contributed by atoms with E-state index in [9.17, 15) is 13.2 Å². The minimum Gasteiger partial charge on any atom is -0.340 e. The Morgan fingerprint density at radius 2 is 1.73 bits per heavy atom. The highest BCUT2D eigenvalue weighted by Gasteiger charge is 2.30. The molecule has 0 radical (unpaired) electrons. The number of benzene rings is 1. The molecule has 0 aromatic heterocycles. The average Bonchev–Trinajstić information content (AvgIpc) is 2.54. The van der Waals surface area contributed by atoms with E-state index >= 15 is 0 Å². The second-order valence-electron chi connectivity index (χ2n) is 5.49. The van der Waals surface area contributed by atoms with Crippen LogP contribution >= 0.6 is 15.9 Å². The summed E-state index contributed by atoms with van der Waals surface area (Å²) in [7, 11) is -3.48. The Hall–Kier alpha value is -0.920. The number of hydrogen-bond acceptors (Lipinski definition) is 3. The van der Waals surface area contributed by atoms with Crippen molar-refractivity contribution in [3.8, 4) is 0 Å². The van der Waals surface area contributed by atoms with Crippen molar-refractivity contribution >= 4 is 31.9 Å². The molecule has 122 valence electrons. The lowest BCUT2D eigenvalue weighted by Crippen LogP contribution is -2.51. The van der Waals surface area contributed by atoms with Gasteiger partial charge in [-0.15, -0.1) is 0 Å². The molecule has 2 rings (SSSR count). The highest BCUT2D eigenvalue weighted by molar-refractivity contribution is 9.10. The van der Waals surface area contributed by atoms with Gasteiger partial charge >= 0.3 is 0 Å². The van der Waals surface area contributed by atoms with E-state index in [1.807, 2.05) is 13.8 Å². The molecular weight excluding hydrogens is 368 g/mol. The molecule has 1 unspecified atom stereocenters. The molecule has 1 aromatic rings. The SMILES string of the molecule is CCC(C)C(=O)N1CCN(S(=O)(=O)c2ccc(Br)cc2)CC1. The number of carbonyl (C=O) groups is 1. The highest BCUT2D eigenvalue weighted by atomic mass is 79.9. The first kappa shape index (κ1) is 17.4. The summed E-state index contributed by atoms with van der Waals surface area (Å²) in [6.45, 7) is 5.50. The van der Waals surface area contributed by atoms with Crippen LogP contribution in [0, 0.1) is 5.92 Å². The van der Waals surface area contributed by atoms with E-state index in [0.29, 0.717) is 26.2 Å². The van der Waals surface area contributed by atoms with Crippen LogP contribution in [0.5, 0.6) is 0 Å². The van der Waals surface area contributed by atoms with Crippen molar-refractivity contribution in [2.24, 2.45) is 5.92 Å². The molecular formula is C15H21BrN2O3S. The number of piperazine rings is 1. The molecule has 0 spiro atoms. The number of sulfonamides is 1. The minimum absolute atomic E-state index is 0.00497. The summed E-state index contributed by atoms with van der Waals surface area (Å²) in [4.78, 5) is 14.2. The first-order valence-electron chi connectivity index (χ1n) is 7.40. The van der Waals surface area contributed by atoms with Gasteiger partial charge in [0.1, 0.15) is 0 Å². The Kier molecular flexibility index (Phi) is 5.63. The van der Waals surface area contributed by atoms with E-state index in [-0.39, 0.29) is 16.7 Å². The van der Waals surface area contributed by atoms with Gasteiger partial charge in [-0.3, -0.25) is 4.79 Å². The quantitative estimate of drug-likeness (QED) is 0.794. The van der Waals surface area contributed by atoms with Gasteiger partial charge in [0.2, 0.25) is 15.9 Å². The maximum atomic E-state index is 12.6. The molecule has 0 saturated carbocycles. The van der Waals surface area contributed by atoms with Gasteiger partial charge in [0.25, 0.3) is 0 Å². The number of nitrogens with zero attached hydrogens (tertiary/aromatic N) is 2. The summed E-state index contributed by atoms with van der Waals surface area (Å²) in [5.74, 6) is 0.109. The average molecular weight is 389 g/mol. The number of halogens is 1. The first-order valence-corrected chi connectivity index (χ1v) is 9.64. The summed E-state index contributed by atoms with van der Waals surface area (Å²) in [6.07, 6.45) is 0.802. The van der Waals surface area contributed by atoms with E-state index in [1.165, 1.54) is 4.31 Å². The molecule has 22 heavy (non-hydrogen) atoms. The van der Waals surface area contributed by atoms with Crippen molar-refractivity contribution in [1.29, 1.82) is 0 Å². The van der Waals surface area contributed by atoms with Crippen LogP contribution in [0.3, 0.4) is 0 Å². The van der Waals surface area contributed by atoms with E-state index in [1.54, 1.807) is 29.2 Å². The van der Waals surface area contributed by atoms with E-state index in [2.05, 4.69) is 15.9 Å². The fraction of sp³-hybridized carbons (Fsp3) is 0.533. The van der Waals surface area contributed by atoms with Gasteiger partial charge in [-0.05, 0) is 30.7 Å². The molecule has 1 aliphatic rings. The number of amides is 1. The molecule has 7 heteroatoms. The van der Waals surface area contributed by atoms with Crippen LogP contribution in [0.15, 0.2) is 33.6 Å².